The zero-order chi connectivity index (χ0) is 17.4. The fourth-order valence-corrected chi connectivity index (χ4v) is 3.10. The number of carbonyl (C=O) groups is 2. The first kappa shape index (κ1) is 18.3. The summed E-state index contributed by atoms with van der Waals surface area (Å²) in [5.74, 6) is 0.515. The molecule has 1 aromatic carbocycles. The summed E-state index contributed by atoms with van der Waals surface area (Å²) in [7, 11) is 0. The van der Waals surface area contributed by atoms with E-state index in [4.69, 9.17) is 10.5 Å². The smallest absolute Gasteiger partial charge is 0.231 e. The lowest BCUT2D eigenvalue weighted by Gasteiger charge is -2.31. The van der Waals surface area contributed by atoms with Crippen molar-refractivity contribution in [3.05, 3.63) is 29.8 Å². The second-order valence-corrected chi connectivity index (χ2v) is 6.12. The van der Waals surface area contributed by atoms with Crippen molar-refractivity contribution in [2.75, 3.05) is 32.8 Å². The summed E-state index contributed by atoms with van der Waals surface area (Å²) < 4.78 is 5.60. The SMILES string of the molecule is CCOc1ccccc1CCNC(=O)[C@@H]1CCCN(CC(N)=O)C1. The van der Waals surface area contributed by atoms with Crippen LogP contribution in [-0.2, 0) is 16.0 Å². The second-order valence-electron chi connectivity index (χ2n) is 6.12. The van der Waals surface area contributed by atoms with E-state index in [-0.39, 0.29) is 24.3 Å². The van der Waals surface area contributed by atoms with Gasteiger partial charge in [-0.3, -0.25) is 14.5 Å². The van der Waals surface area contributed by atoms with Crippen LogP contribution in [0.25, 0.3) is 0 Å². The van der Waals surface area contributed by atoms with E-state index in [9.17, 15) is 9.59 Å². The number of rotatable bonds is 8. The lowest BCUT2D eigenvalue weighted by molar-refractivity contribution is -0.128. The van der Waals surface area contributed by atoms with Crippen LogP contribution in [0.15, 0.2) is 24.3 Å². The van der Waals surface area contributed by atoms with Crippen LogP contribution in [0.3, 0.4) is 0 Å². The number of nitrogens with zero attached hydrogens (tertiary/aromatic N) is 1. The summed E-state index contributed by atoms with van der Waals surface area (Å²) in [4.78, 5) is 25.3. The first-order chi connectivity index (χ1) is 11.6. The number of hydrogen-bond donors (Lipinski definition) is 2. The van der Waals surface area contributed by atoms with Crippen molar-refractivity contribution in [3.63, 3.8) is 0 Å². The van der Waals surface area contributed by atoms with Crippen LogP contribution < -0.4 is 15.8 Å². The minimum absolute atomic E-state index is 0.0538. The van der Waals surface area contributed by atoms with Crippen LogP contribution in [0, 0.1) is 5.92 Å². The molecule has 2 rings (SSSR count). The number of primary amides is 1. The van der Waals surface area contributed by atoms with Crippen LogP contribution in [-0.4, -0.2) is 49.5 Å². The lowest BCUT2D eigenvalue weighted by atomic mass is 9.97. The molecule has 0 aliphatic carbocycles. The van der Waals surface area contributed by atoms with Gasteiger partial charge in [0.2, 0.25) is 11.8 Å². The summed E-state index contributed by atoms with van der Waals surface area (Å²) >= 11 is 0. The fourth-order valence-electron chi connectivity index (χ4n) is 3.10. The van der Waals surface area contributed by atoms with Crippen molar-refractivity contribution in [2.45, 2.75) is 26.2 Å². The topological polar surface area (TPSA) is 84.7 Å². The van der Waals surface area contributed by atoms with Crippen molar-refractivity contribution < 1.29 is 14.3 Å². The molecule has 1 aliphatic heterocycles. The predicted molar refractivity (Wildman–Crippen MR) is 92.7 cm³/mol. The summed E-state index contributed by atoms with van der Waals surface area (Å²) in [6, 6.07) is 7.89. The molecule has 1 heterocycles. The Bertz CT molecular complexity index is 562. The molecule has 3 N–H and O–H groups in total. The van der Waals surface area contributed by atoms with Gasteiger partial charge in [0.25, 0.3) is 0 Å². The van der Waals surface area contributed by atoms with E-state index in [0.717, 1.165) is 37.1 Å². The van der Waals surface area contributed by atoms with Crippen LogP contribution >= 0.6 is 0 Å². The Morgan fingerprint density at radius 1 is 1.38 bits per heavy atom. The summed E-state index contributed by atoms with van der Waals surface area (Å²) in [5.41, 5.74) is 6.33. The van der Waals surface area contributed by atoms with E-state index in [2.05, 4.69) is 5.32 Å². The summed E-state index contributed by atoms with van der Waals surface area (Å²) in [6.45, 7) is 4.82. The predicted octanol–water partition coefficient (Wildman–Crippen LogP) is 0.941. The number of carbonyl (C=O) groups excluding carboxylic acids is 2. The van der Waals surface area contributed by atoms with Gasteiger partial charge in [-0.2, -0.15) is 0 Å². The van der Waals surface area contributed by atoms with Gasteiger partial charge < -0.3 is 15.8 Å². The maximum Gasteiger partial charge on any atom is 0.231 e. The number of benzene rings is 1. The number of nitrogens with two attached hydrogens (primary N) is 1. The Hall–Kier alpha value is -2.08. The third-order valence-corrected chi connectivity index (χ3v) is 4.22. The van der Waals surface area contributed by atoms with E-state index < -0.39 is 0 Å². The van der Waals surface area contributed by atoms with Gasteiger partial charge >= 0.3 is 0 Å². The molecule has 1 aromatic rings. The molecule has 0 radical (unpaired) electrons. The molecule has 1 saturated heterocycles. The number of nitrogens with one attached hydrogen (secondary N) is 1. The average molecular weight is 333 g/mol. The third kappa shape index (κ3) is 5.53. The highest BCUT2D eigenvalue weighted by atomic mass is 16.5. The Balaban J connectivity index is 1.80. The number of para-hydroxylation sites is 1. The fraction of sp³-hybridized carbons (Fsp3) is 0.556. The Morgan fingerprint density at radius 3 is 2.92 bits per heavy atom. The number of piperidine rings is 1. The van der Waals surface area contributed by atoms with Gasteiger partial charge in [0.15, 0.2) is 0 Å². The molecule has 24 heavy (non-hydrogen) atoms. The van der Waals surface area contributed by atoms with Gasteiger partial charge in [-0.15, -0.1) is 0 Å². The quantitative estimate of drug-likeness (QED) is 0.741. The van der Waals surface area contributed by atoms with E-state index in [1.807, 2.05) is 36.1 Å². The maximum absolute atomic E-state index is 12.3. The van der Waals surface area contributed by atoms with E-state index in [1.54, 1.807) is 0 Å². The molecular weight excluding hydrogens is 306 g/mol. The summed E-state index contributed by atoms with van der Waals surface area (Å²) in [5, 5.41) is 3.01. The molecule has 2 amide bonds. The van der Waals surface area contributed by atoms with Gasteiger partial charge in [0.1, 0.15) is 5.75 Å². The first-order valence-electron chi connectivity index (χ1n) is 8.59. The molecule has 6 heteroatoms. The van der Waals surface area contributed by atoms with Crippen molar-refractivity contribution in [3.8, 4) is 5.75 Å². The lowest BCUT2D eigenvalue weighted by Crippen LogP contribution is -2.46. The monoisotopic (exact) mass is 333 g/mol. The largest absolute Gasteiger partial charge is 0.494 e. The van der Waals surface area contributed by atoms with Gasteiger partial charge in [-0.25, -0.2) is 0 Å². The van der Waals surface area contributed by atoms with Crippen LogP contribution in [0.2, 0.25) is 0 Å². The van der Waals surface area contributed by atoms with Gasteiger partial charge in [-0.1, -0.05) is 18.2 Å². The molecule has 1 atom stereocenters. The minimum atomic E-state index is -0.344. The highest BCUT2D eigenvalue weighted by Gasteiger charge is 2.26. The van der Waals surface area contributed by atoms with Crippen molar-refractivity contribution in [1.29, 1.82) is 0 Å². The van der Waals surface area contributed by atoms with E-state index in [1.165, 1.54) is 0 Å². The number of amides is 2. The van der Waals surface area contributed by atoms with Crippen molar-refractivity contribution >= 4 is 11.8 Å². The normalized spacial score (nSPS) is 18.1. The Labute approximate surface area is 143 Å². The van der Waals surface area contributed by atoms with E-state index in [0.29, 0.717) is 19.7 Å². The molecular formula is C18H27N3O3. The molecule has 0 spiro atoms. The average Bonchev–Trinajstić information content (AvgIpc) is 2.56. The number of hydrogen-bond acceptors (Lipinski definition) is 4. The zero-order valence-corrected chi connectivity index (χ0v) is 14.3. The van der Waals surface area contributed by atoms with Crippen molar-refractivity contribution in [2.24, 2.45) is 11.7 Å². The first-order valence-corrected chi connectivity index (χ1v) is 8.59. The molecule has 0 saturated carbocycles. The molecule has 132 valence electrons. The Kier molecular flexibility index (Phi) is 7.06. The summed E-state index contributed by atoms with van der Waals surface area (Å²) in [6.07, 6.45) is 2.51. The molecule has 6 nitrogen and oxygen atoms in total. The molecule has 0 aromatic heterocycles. The van der Waals surface area contributed by atoms with Crippen LogP contribution in [0.5, 0.6) is 5.75 Å². The van der Waals surface area contributed by atoms with Gasteiger partial charge in [0.05, 0.1) is 19.1 Å². The van der Waals surface area contributed by atoms with Crippen molar-refractivity contribution in [1.82, 2.24) is 10.2 Å². The van der Waals surface area contributed by atoms with E-state index >= 15 is 0 Å². The highest BCUT2D eigenvalue weighted by Crippen LogP contribution is 2.19. The minimum Gasteiger partial charge on any atom is -0.494 e. The Morgan fingerprint density at radius 2 is 2.17 bits per heavy atom. The number of likely N-dealkylation sites (tertiary alicyclic amines) is 1. The molecule has 0 unspecified atom stereocenters. The zero-order valence-electron chi connectivity index (χ0n) is 14.3. The molecule has 0 bridgehead atoms. The second kappa shape index (κ2) is 9.27. The highest BCUT2D eigenvalue weighted by molar-refractivity contribution is 5.79. The molecule has 1 fully saturated rings. The van der Waals surface area contributed by atoms with Crippen LogP contribution in [0.1, 0.15) is 25.3 Å². The van der Waals surface area contributed by atoms with Crippen LogP contribution in [0.4, 0.5) is 0 Å². The van der Waals surface area contributed by atoms with Gasteiger partial charge in [-0.05, 0) is 44.4 Å². The number of ether oxygens (including phenoxy) is 1. The van der Waals surface area contributed by atoms with Gasteiger partial charge in [0, 0.05) is 13.1 Å². The third-order valence-electron chi connectivity index (χ3n) is 4.22. The maximum atomic E-state index is 12.3. The standard InChI is InChI=1S/C18H27N3O3/c1-2-24-16-8-4-3-6-14(16)9-10-20-18(23)15-7-5-11-21(12-15)13-17(19)22/h3-4,6,8,15H,2,5,7,9-13H2,1H3,(H2,19,22)(H,20,23)/t15-/m1/s1. The molecule has 1 aliphatic rings.